The summed E-state index contributed by atoms with van der Waals surface area (Å²) in [4.78, 5) is 21.8. The average Bonchev–Trinajstić information content (AvgIpc) is 2.37. The van der Waals surface area contributed by atoms with E-state index in [0.717, 1.165) is 0 Å². The monoisotopic (exact) mass is 253 g/mol. The molecule has 0 spiro atoms. The molecule has 18 heavy (non-hydrogen) atoms. The van der Waals surface area contributed by atoms with Gasteiger partial charge in [-0.25, -0.2) is 0 Å². The van der Waals surface area contributed by atoms with Crippen LogP contribution in [0.3, 0.4) is 0 Å². The van der Waals surface area contributed by atoms with Crippen LogP contribution in [0.4, 0.5) is 11.4 Å². The molecule has 1 rings (SSSR count). The van der Waals surface area contributed by atoms with Crippen molar-refractivity contribution in [2.24, 2.45) is 0 Å². The molecule has 0 saturated heterocycles. The highest BCUT2D eigenvalue weighted by Crippen LogP contribution is 2.25. The number of nitrogens with zero attached hydrogens (tertiary/aromatic N) is 1. The van der Waals surface area contributed by atoms with Crippen molar-refractivity contribution in [1.29, 1.82) is 0 Å². The van der Waals surface area contributed by atoms with Crippen LogP contribution in [0.2, 0.25) is 0 Å². The Morgan fingerprint density at radius 3 is 2.78 bits per heavy atom. The van der Waals surface area contributed by atoms with Gasteiger partial charge in [-0.15, -0.1) is 0 Å². The van der Waals surface area contributed by atoms with Crippen LogP contribution in [0.25, 0.3) is 0 Å². The van der Waals surface area contributed by atoms with Crippen molar-refractivity contribution in [2.45, 2.75) is 0 Å². The number of anilines is 1. The van der Waals surface area contributed by atoms with Gasteiger partial charge in [0.2, 0.25) is 0 Å². The molecule has 7 nitrogen and oxygen atoms in total. The Balaban J connectivity index is 2.99. The summed E-state index contributed by atoms with van der Waals surface area (Å²) in [6, 6.07) is 4.17. The third kappa shape index (κ3) is 3.42. The first-order chi connectivity index (χ1) is 8.60. The van der Waals surface area contributed by atoms with Gasteiger partial charge in [-0.3, -0.25) is 14.9 Å². The maximum absolute atomic E-state index is 11.4. The predicted octanol–water partition coefficient (Wildman–Crippen LogP) is 1.01. The van der Waals surface area contributed by atoms with Crippen molar-refractivity contribution in [2.75, 3.05) is 32.6 Å². The Morgan fingerprint density at radius 1 is 1.50 bits per heavy atom. The first-order valence-corrected chi connectivity index (χ1v) is 5.33. The van der Waals surface area contributed by atoms with Crippen LogP contribution >= 0.6 is 0 Å². The number of hydrogen-bond donors (Lipinski definition) is 2. The summed E-state index contributed by atoms with van der Waals surface area (Å²) in [5.41, 5.74) is 0.597. The lowest BCUT2D eigenvalue weighted by Crippen LogP contribution is -2.18. The Labute approximate surface area is 104 Å². The molecule has 7 heteroatoms. The molecule has 1 amide bonds. The molecule has 0 atom stereocenters. The summed E-state index contributed by atoms with van der Waals surface area (Å²) >= 11 is 0. The van der Waals surface area contributed by atoms with Crippen LogP contribution in [0, 0.1) is 10.1 Å². The van der Waals surface area contributed by atoms with Gasteiger partial charge in [-0.1, -0.05) is 0 Å². The second-order valence-electron chi connectivity index (χ2n) is 3.49. The molecule has 1 aromatic carbocycles. The van der Waals surface area contributed by atoms with Crippen LogP contribution in [-0.2, 0) is 4.74 Å². The second kappa shape index (κ2) is 6.55. The maximum atomic E-state index is 11.4. The number of carbonyl (C=O) groups excluding carboxylic acids is 1. The number of methoxy groups -OCH3 is 1. The van der Waals surface area contributed by atoms with Crippen LogP contribution < -0.4 is 10.6 Å². The number of ether oxygens (including phenoxy) is 1. The van der Waals surface area contributed by atoms with Gasteiger partial charge in [0.05, 0.1) is 11.5 Å². The smallest absolute Gasteiger partial charge is 0.292 e. The van der Waals surface area contributed by atoms with Gasteiger partial charge in [0.15, 0.2) is 0 Å². The van der Waals surface area contributed by atoms with E-state index >= 15 is 0 Å². The van der Waals surface area contributed by atoms with Crippen molar-refractivity contribution in [3.63, 3.8) is 0 Å². The van der Waals surface area contributed by atoms with E-state index in [1.165, 1.54) is 32.4 Å². The lowest BCUT2D eigenvalue weighted by atomic mass is 10.1. The van der Waals surface area contributed by atoms with E-state index in [0.29, 0.717) is 24.4 Å². The first-order valence-electron chi connectivity index (χ1n) is 5.33. The number of rotatable bonds is 6. The van der Waals surface area contributed by atoms with Crippen LogP contribution in [0.15, 0.2) is 18.2 Å². The summed E-state index contributed by atoms with van der Waals surface area (Å²) < 4.78 is 4.85. The average molecular weight is 253 g/mol. The molecule has 0 fully saturated rings. The van der Waals surface area contributed by atoms with E-state index in [4.69, 9.17) is 4.74 Å². The summed E-state index contributed by atoms with van der Waals surface area (Å²) in [5, 5.41) is 16.2. The second-order valence-corrected chi connectivity index (χ2v) is 3.49. The quantitative estimate of drug-likeness (QED) is 0.448. The van der Waals surface area contributed by atoms with Gasteiger partial charge in [-0.05, 0) is 12.1 Å². The number of carbonyl (C=O) groups is 1. The number of hydrogen-bond acceptors (Lipinski definition) is 5. The van der Waals surface area contributed by atoms with Gasteiger partial charge in [0.1, 0.15) is 5.69 Å². The molecule has 0 heterocycles. The molecule has 1 aromatic rings. The number of nitro groups is 1. The Bertz CT molecular complexity index is 448. The van der Waals surface area contributed by atoms with E-state index in [9.17, 15) is 14.9 Å². The zero-order chi connectivity index (χ0) is 13.5. The highest BCUT2D eigenvalue weighted by Gasteiger charge is 2.15. The summed E-state index contributed by atoms with van der Waals surface area (Å²) in [5.74, 6) is -0.292. The highest BCUT2D eigenvalue weighted by atomic mass is 16.6. The summed E-state index contributed by atoms with van der Waals surface area (Å²) in [6.07, 6.45) is 0. The number of nitrogens with one attached hydrogen (secondary N) is 2. The Morgan fingerprint density at radius 2 is 2.22 bits per heavy atom. The summed E-state index contributed by atoms with van der Waals surface area (Å²) in [6.45, 7) is 0.843. The minimum Gasteiger partial charge on any atom is -0.383 e. The third-order valence-corrected chi connectivity index (χ3v) is 2.30. The molecule has 0 aliphatic carbocycles. The van der Waals surface area contributed by atoms with Gasteiger partial charge < -0.3 is 15.4 Å². The fourth-order valence-corrected chi connectivity index (χ4v) is 1.41. The van der Waals surface area contributed by atoms with Crippen molar-refractivity contribution >= 4 is 17.3 Å². The zero-order valence-electron chi connectivity index (χ0n) is 10.2. The van der Waals surface area contributed by atoms with Crippen molar-refractivity contribution in [3.05, 3.63) is 33.9 Å². The summed E-state index contributed by atoms with van der Waals surface area (Å²) in [7, 11) is 3.04. The molecule has 0 aliphatic rings. The van der Waals surface area contributed by atoms with E-state index in [-0.39, 0.29) is 11.6 Å². The fourth-order valence-electron chi connectivity index (χ4n) is 1.41. The molecular weight excluding hydrogens is 238 g/mol. The van der Waals surface area contributed by atoms with E-state index in [1.807, 2.05) is 0 Å². The lowest BCUT2D eigenvalue weighted by molar-refractivity contribution is -0.384. The van der Waals surface area contributed by atoms with Crippen LogP contribution in [0.1, 0.15) is 10.4 Å². The molecule has 0 aromatic heterocycles. The van der Waals surface area contributed by atoms with Crippen molar-refractivity contribution < 1.29 is 14.5 Å². The maximum Gasteiger partial charge on any atom is 0.292 e. The largest absolute Gasteiger partial charge is 0.383 e. The van der Waals surface area contributed by atoms with Gasteiger partial charge in [0.25, 0.3) is 11.6 Å². The highest BCUT2D eigenvalue weighted by molar-refractivity contribution is 5.95. The Hall–Kier alpha value is -2.15. The van der Waals surface area contributed by atoms with Gasteiger partial charge >= 0.3 is 0 Å². The minimum absolute atomic E-state index is 0.0706. The molecular formula is C11H15N3O4. The molecule has 0 aliphatic heterocycles. The number of benzene rings is 1. The molecule has 2 N–H and O–H groups in total. The van der Waals surface area contributed by atoms with E-state index in [2.05, 4.69) is 10.6 Å². The van der Waals surface area contributed by atoms with Gasteiger partial charge in [0, 0.05) is 32.3 Å². The Kier molecular flexibility index (Phi) is 5.06. The molecule has 0 bridgehead atoms. The topological polar surface area (TPSA) is 93.5 Å². The third-order valence-electron chi connectivity index (χ3n) is 2.30. The van der Waals surface area contributed by atoms with E-state index < -0.39 is 4.92 Å². The number of nitro benzene ring substituents is 1. The predicted molar refractivity (Wildman–Crippen MR) is 66.9 cm³/mol. The molecule has 0 unspecified atom stereocenters. The van der Waals surface area contributed by atoms with Gasteiger partial charge in [-0.2, -0.15) is 0 Å². The van der Waals surface area contributed by atoms with Crippen LogP contribution in [-0.4, -0.2) is 38.1 Å². The SMILES string of the molecule is CNC(=O)c1ccc([N+](=O)[O-])c(NCCOC)c1. The molecule has 0 radical (unpaired) electrons. The zero-order valence-corrected chi connectivity index (χ0v) is 10.2. The van der Waals surface area contributed by atoms with E-state index in [1.54, 1.807) is 0 Å². The van der Waals surface area contributed by atoms with Crippen LogP contribution in [0.5, 0.6) is 0 Å². The normalized spacial score (nSPS) is 9.89. The first kappa shape index (κ1) is 13.9. The molecule has 0 saturated carbocycles. The van der Waals surface area contributed by atoms with Crippen molar-refractivity contribution in [3.8, 4) is 0 Å². The lowest BCUT2D eigenvalue weighted by Gasteiger charge is -2.08. The van der Waals surface area contributed by atoms with Crippen molar-refractivity contribution in [1.82, 2.24) is 5.32 Å². The standard InChI is InChI=1S/C11H15N3O4/c1-12-11(15)8-3-4-10(14(16)17)9(7-8)13-5-6-18-2/h3-4,7,13H,5-6H2,1-2H3,(H,12,15). The minimum atomic E-state index is -0.497. The fraction of sp³-hybridized carbons (Fsp3) is 0.364. The number of amides is 1. The molecule has 98 valence electrons.